The van der Waals surface area contributed by atoms with Crippen LogP contribution in [0.2, 0.25) is 0 Å². The molecule has 1 fully saturated rings. The van der Waals surface area contributed by atoms with E-state index in [9.17, 15) is 9.59 Å². The molecule has 1 aliphatic heterocycles. The molecule has 0 radical (unpaired) electrons. The molecule has 0 aliphatic carbocycles. The quantitative estimate of drug-likeness (QED) is 0.947. The maximum atomic E-state index is 12.4. The Morgan fingerprint density at radius 1 is 1.14 bits per heavy atom. The minimum absolute atomic E-state index is 0.0456. The molecule has 2 aromatic rings. The van der Waals surface area contributed by atoms with Crippen molar-refractivity contribution < 1.29 is 9.59 Å². The van der Waals surface area contributed by atoms with Crippen molar-refractivity contribution in [1.29, 1.82) is 0 Å². The van der Waals surface area contributed by atoms with Gasteiger partial charge in [-0.2, -0.15) is 0 Å². The number of amides is 2. The Labute approximate surface area is 127 Å². The Morgan fingerprint density at radius 2 is 1.95 bits per heavy atom. The van der Waals surface area contributed by atoms with Gasteiger partial charge in [-0.1, -0.05) is 24.3 Å². The average molecular weight is 300 g/mol. The van der Waals surface area contributed by atoms with Crippen LogP contribution in [-0.4, -0.2) is 29.3 Å². The second kappa shape index (κ2) is 6.10. The van der Waals surface area contributed by atoms with E-state index in [2.05, 4.69) is 5.32 Å². The summed E-state index contributed by atoms with van der Waals surface area (Å²) in [5.74, 6) is -0.153. The van der Waals surface area contributed by atoms with E-state index >= 15 is 0 Å². The van der Waals surface area contributed by atoms with Crippen molar-refractivity contribution in [3.05, 3.63) is 52.7 Å². The predicted octanol–water partition coefficient (Wildman–Crippen LogP) is 2.99. The molecule has 1 aromatic heterocycles. The van der Waals surface area contributed by atoms with Crippen molar-refractivity contribution in [2.24, 2.45) is 0 Å². The molecule has 1 atom stereocenters. The molecule has 0 saturated carbocycles. The van der Waals surface area contributed by atoms with Gasteiger partial charge in [0.2, 0.25) is 5.91 Å². The minimum atomic E-state index is -0.375. The van der Waals surface area contributed by atoms with E-state index in [0.717, 1.165) is 18.5 Å². The molecule has 1 unspecified atom stereocenters. The van der Waals surface area contributed by atoms with E-state index in [1.54, 1.807) is 11.0 Å². The first-order valence-corrected chi connectivity index (χ1v) is 7.84. The number of hydrogen-bond acceptors (Lipinski definition) is 3. The molecule has 108 valence electrons. The second-order valence-corrected chi connectivity index (χ2v) is 5.94. The summed E-state index contributed by atoms with van der Waals surface area (Å²) in [5, 5.41) is 4.76. The zero-order chi connectivity index (χ0) is 14.7. The number of thiophene rings is 1. The molecular formula is C16H16N2O2S. The fourth-order valence-corrected chi connectivity index (χ4v) is 3.25. The van der Waals surface area contributed by atoms with Crippen LogP contribution < -0.4 is 5.32 Å². The normalized spacial score (nSPS) is 17.7. The number of carbonyl (C=O) groups excluding carboxylic acids is 2. The Morgan fingerprint density at radius 3 is 2.67 bits per heavy atom. The predicted molar refractivity (Wildman–Crippen MR) is 83.4 cm³/mol. The van der Waals surface area contributed by atoms with Crippen LogP contribution in [0.1, 0.15) is 22.5 Å². The van der Waals surface area contributed by atoms with E-state index in [1.165, 1.54) is 11.3 Å². The first-order valence-electron chi connectivity index (χ1n) is 6.96. The van der Waals surface area contributed by atoms with Crippen LogP contribution >= 0.6 is 11.3 Å². The highest BCUT2D eigenvalue weighted by Crippen LogP contribution is 2.23. The van der Waals surface area contributed by atoms with Gasteiger partial charge >= 0.3 is 0 Å². The molecule has 0 spiro atoms. The number of para-hydroxylation sites is 1. The first kappa shape index (κ1) is 13.8. The van der Waals surface area contributed by atoms with Gasteiger partial charge < -0.3 is 10.2 Å². The highest BCUT2D eigenvalue weighted by molar-refractivity contribution is 7.12. The van der Waals surface area contributed by atoms with Crippen molar-refractivity contribution in [2.75, 3.05) is 11.9 Å². The lowest BCUT2D eigenvalue weighted by Gasteiger charge is -2.23. The van der Waals surface area contributed by atoms with Crippen LogP contribution in [0, 0.1) is 0 Å². The fraction of sp³-hybridized carbons (Fsp3) is 0.250. The van der Waals surface area contributed by atoms with Crippen LogP contribution in [0.3, 0.4) is 0 Å². The van der Waals surface area contributed by atoms with Gasteiger partial charge in [0, 0.05) is 12.2 Å². The van der Waals surface area contributed by atoms with Gasteiger partial charge in [0.1, 0.15) is 6.04 Å². The van der Waals surface area contributed by atoms with Crippen LogP contribution in [0.25, 0.3) is 0 Å². The summed E-state index contributed by atoms with van der Waals surface area (Å²) in [5.41, 5.74) is 0.762. The highest BCUT2D eigenvalue weighted by Gasteiger charge is 2.34. The number of hydrogen-bond donors (Lipinski definition) is 1. The third kappa shape index (κ3) is 2.97. The van der Waals surface area contributed by atoms with Crippen molar-refractivity contribution in [2.45, 2.75) is 18.9 Å². The number of nitrogens with zero attached hydrogens (tertiary/aromatic N) is 1. The molecule has 5 heteroatoms. The van der Waals surface area contributed by atoms with Gasteiger partial charge in [0.25, 0.3) is 5.91 Å². The topological polar surface area (TPSA) is 49.4 Å². The molecule has 2 amide bonds. The Hall–Kier alpha value is -2.14. The number of likely N-dealkylation sites (tertiary alicyclic amines) is 1. The third-order valence-corrected chi connectivity index (χ3v) is 4.45. The summed E-state index contributed by atoms with van der Waals surface area (Å²) in [4.78, 5) is 27.2. The Kier molecular flexibility index (Phi) is 4.01. The SMILES string of the molecule is O=C(Nc1ccccc1)C1CCCN1C(=O)c1cccs1. The molecule has 2 heterocycles. The summed E-state index contributed by atoms with van der Waals surface area (Å²) in [6.07, 6.45) is 1.58. The summed E-state index contributed by atoms with van der Waals surface area (Å²) in [7, 11) is 0. The van der Waals surface area contributed by atoms with Gasteiger partial charge in [-0.3, -0.25) is 9.59 Å². The van der Waals surface area contributed by atoms with Crippen LogP contribution in [0.15, 0.2) is 47.8 Å². The minimum Gasteiger partial charge on any atom is -0.326 e. The van der Waals surface area contributed by atoms with Gasteiger partial charge in [-0.15, -0.1) is 11.3 Å². The third-order valence-electron chi connectivity index (χ3n) is 3.59. The van der Waals surface area contributed by atoms with Gasteiger partial charge in [0.05, 0.1) is 4.88 Å². The molecule has 1 saturated heterocycles. The number of rotatable bonds is 3. The van der Waals surface area contributed by atoms with Gasteiger partial charge in [0.15, 0.2) is 0 Å². The van der Waals surface area contributed by atoms with Crippen molar-refractivity contribution in [3.8, 4) is 0 Å². The smallest absolute Gasteiger partial charge is 0.264 e. The number of benzene rings is 1. The maximum absolute atomic E-state index is 12.4. The monoisotopic (exact) mass is 300 g/mol. The average Bonchev–Trinajstić information content (AvgIpc) is 3.19. The van der Waals surface area contributed by atoms with Crippen molar-refractivity contribution >= 4 is 28.8 Å². The molecule has 1 aromatic carbocycles. The number of carbonyl (C=O) groups is 2. The highest BCUT2D eigenvalue weighted by atomic mass is 32.1. The molecule has 21 heavy (non-hydrogen) atoms. The van der Waals surface area contributed by atoms with Gasteiger partial charge in [-0.25, -0.2) is 0 Å². The van der Waals surface area contributed by atoms with E-state index in [0.29, 0.717) is 11.4 Å². The van der Waals surface area contributed by atoms with Gasteiger partial charge in [-0.05, 0) is 36.4 Å². The van der Waals surface area contributed by atoms with E-state index in [1.807, 2.05) is 41.8 Å². The Bertz CT molecular complexity index is 625. The van der Waals surface area contributed by atoms with E-state index in [4.69, 9.17) is 0 Å². The van der Waals surface area contributed by atoms with E-state index < -0.39 is 0 Å². The molecular weight excluding hydrogens is 284 g/mol. The maximum Gasteiger partial charge on any atom is 0.264 e. The zero-order valence-electron chi connectivity index (χ0n) is 11.5. The molecule has 1 aliphatic rings. The summed E-state index contributed by atoms with van der Waals surface area (Å²) >= 11 is 1.41. The summed E-state index contributed by atoms with van der Waals surface area (Å²) in [6.45, 7) is 0.642. The number of anilines is 1. The van der Waals surface area contributed by atoms with E-state index in [-0.39, 0.29) is 17.9 Å². The standard InChI is InChI=1S/C16H16N2O2S/c19-15(17-12-6-2-1-3-7-12)13-8-4-10-18(13)16(20)14-9-5-11-21-14/h1-3,5-7,9,11,13H,4,8,10H2,(H,17,19). The van der Waals surface area contributed by atoms with Crippen LogP contribution in [-0.2, 0) is 4.79 Å². The largest absolute Gasteiger partial charge is 0.326 e. The van der Waals surface area contributed by atoms with Crippen LogP contribution in [0.4, 0.5) is 5.69 Å². The Balaban J connectivity index is 1.72. The summed E-state index contributed by atoms with van der Waals surface area (Å²) in [6, 6.07) is 12.6. The summed E-state index contributed by atoms with van der Waals surface area (Å²) < 4.78 is 0. The fourth-order valence-electron chi connectivity index (χ4n) is 2.57. The van der Waals surface area contributed by atoms with Crippen molar-refractivity contribution in [3.63, 3.8) is 0 Å². The number of nitrogens with one attached hydrogen (secondary N) is 1. The lowest BCUT2D eigenvalue weighted by atomic mass is 10.2. The van der Waals surface area contributed by atoms with Crippen molar-refractivity contribution in [1.82, 2.24) is 4.90 Å². The second-order valence-electron chi connectivity index (χ2n) is 4.99. The lowest BCUT2D eigenvalue weighted by Crippen LogP contribution is -2.42. The molecule has 3 rings (SSSR count). The first-order chi connectivity index (χ1) is 10.3. The molecule has 4 nitrogen and oxygen atoms in total. The molecule has 0 bridgehead atoms. The lowest BCUT2D eigenvalue weighted by molar-refractivity contribution is -0.119. The van der Waals surface area contributed by atoms with Crippen LogP contribution in [0.5, 0.6) is 0 Å². The zero-order valence-corrected chi connectivity index (χ0v) is 12.3. The molecule has 1 N–H and O–H groups in total.